The Balaban J connectivity index is 2.23. The standard InChI is InChI=1S/C11H13NO2S/c1-15(13,14)7-6-12-8-10-4-2-3-5-11(10)9-12/h2-5,8-9H,6-7H2,1H3. The highest BCUT2D eigenvalue weighted by atomic mass is 32.2. The number of fused-ring (bicyclic) bond motifs is 1. The molecule has 0 saturated heterocycles. The molecule has 3 nitrogen and oxygen atoms in total. The molecule has 80 valence electrons. The summed E-state index contributed by atoms with van der Waals surface area (Å²) < 4.78 is 23.9. The predicted molar refractivity (Wildman–Crippen MR) is 61.6 cm³/mol. The lowest BCUT2D eigenvalue weighted by Crippen LogP contribution is -2.09. The molecule has 0 saturated carbocycles. The molecule has 0 aliphatic carbocycles. The molecule has 15 heavy (non-hydrogen) atoms. The molecule has 4 heteroatoms. The highest BCUT2D eigenvalue weighted by Crippen LogP contribution is 2.14. The predicted octanol–water partition coefficient (Wildman–Crippen LogP) is 1.69. The van der Waals surface area contributed by atoms with E-state index in [4.69, 9.17) is 0 Å². The molecule has 0 spiro atoms. The molecule has 0 radical (unpaired) electrons. The summed E-state index contributed by atoms with van der Waals surface area (Å²) in [6.07, 6.45) is 5.21. The Bertz CT molecular complexity index is 536. The van der Waals surface area contributed by atoms with Crippen molar-refractivity contribution in [3.8, 4) is 0 Å². The largest absolute Gasteiger partial charge is 0.352 e. The molecule has 0 atom stereocenters. The molecule has 1 heterocycles. The normalized spacial score (nSPS) is 12.1. The Morgan fingerprint density at radius 2 is 1.67 bits per heavy atom. The number of sulfone groups is 1. The smallest absolute Gasteiger partial charge is 0.149 e. The number of hydrogen-bond donors (Lipinski definition) is 0. The van der Waals surface area contributed by atoms with Gasteiger partial charge in [0.25, 0.3) is 0 Å². The average Bonchev–Trinajstić information content (AvgIpc) is 2.56. The maximum absolute atomic E-state index is 11.0. The molecule has 1 aromatic heterocycles. The van der Waals surface area contributed by atoms with Crippen molar-refractivity contribution in [1.29, 1.82) is 0 Å². The second kappa shape index (κ2) is 3.70. The van der Waals surface area contributed by atoms with Crippen LogP contribution in [0.3, 0.4) is 0 Å². The Morgan fingerprint density at radius 3 is 2.13 bits per heavy atom. The van der Waals surface area contributed by atoms with E-state index in [-0.39, 0.29) is 5.75 Å². The van der Waals surface area contributed by atoms with Crippen LogP contribution in [0.1, 0.15) is 0 Å². The number of benzene rings is 1. The van der Waals surface area contributed by atoms with Crippen LogP contribution in [-0.4, -0.2) is 25.0 Å². The van der Waals surface area contributed by atoms with Gasteiger partial charge in [-0.2, -0.15) is 0 Å². The molecular formula is C11H13NO2S. The molecule has 0 N–H and O–H groups in total. The van der Waals surface area contributed by atoms with E-state index in [1.165, 1.54) is 6.26 Å². The van der Waals surface area contributed by atoms with Crippen molar-refractivity contribution in [1.82, 2.24) is 4.57 Å². The summed E-state index contributed by atoms with van der Waals surface area (Å²) in [5, 5.41) is 2.29. The summed E-state index contributed by atoms with van der Waals surface area (Å²) >= 11 is 0. The number of aryl methyl sites for hydroxylation is 1. The van der Waals surface area contributed by atoms with Gasteiger partial charge in [0.2, 0.25) is 0 Å². The zero-order chi connectivity index (χ0) is 10.9. The first-order chi connectivity index (χ1) is 7.04. The summed E-state index contributed by atoms with van der Waals surface area (Å²) in [4.78, 5) is 0. The Hall–Kier alpha value is -1.29. The summed E-state index contributed by atoms with van der Waals surface area (Å²) in [6, 6.07) is 7.99. The quantitative estimate of drug-likeness (QED) is 0.794. The summed E-state index contributed by atoms with van der Waals surface area (Å²) in [5.41, 5.74) is 0. The van der Waals surface area contributed by atoms with Crippen LogP contribution in [0.5, 0.6) is 0 Å². The van der Waals surface area contributed by atoms with Crippen LogP contribution in [0.2, 0.25) is 0 Å². The van der Waals surface area contributed by atoms with Crippen LogP contribution in [0, 0.1) is 0 Å². The topological polar surface area (TPSA) is 39.1 Å². The van der Waals surface area contributed by atoms with Gasteiger partial charge < -0.3 is 4.57 Å². The first-order valence-corrected chi connectivity index (χ1v) is 6.83. The minimum Gasteiger partial charge on any atom is -0.352 e. The van der Waals surface area contributed by atoms with Gasteiger partial charge in [-0.1, -0.05) is 24.3 Å². The molecule has 0 aliphatic rings. The number of nitrogens with zero attached hydrogens (tertiary/aromatic N) is 1. The van der Waals surface area contributed by atoms with Crippen molar-refractivity contribution in [2.24, 2.45) is 0 Å². The van der Waals surface area contributed by atoms with Crippen LogP contribution in [-0.2, 0) is 16.4 Å². The van der Waals surface area contributed by atoms with E-state index in [9.17, 15) is 8.42 Å². The minimum absolute atomic E-state index is 0.188. The van der Waals surface area contributed by atoms with Crippen molar-refractivity contribution in [2.45, 2.75) is 6.54 Å². The highest BCUT2D eigenvalue weighted by molar-refractivity contribution is 7.90. The lowest BCUT2D eigenvalue weighted by atomic mass is 10.2. The van der Waals surface area contributed by atoms with Gasteiger partial charge in [0, 0.05) is 25.2 Å². The third kappa shape index (κ3) is 2.59. The Labute approximate surface area is 89.3 Å². The van der Waals surface area contributed by atoms with E-state index in [1.807, 2.05) is 41.2 Å². The fourth-order valence-corrected chi connectivity index (χ4v) is 2.08. The zero-order valence-electron chi connectivity index (χ0n) is 8.55. The minimum atomic E-state index is -2.88. The van der Waals surface area contributed by atoms with Gasteiger partial charge in [0.1, 0.15) is 9.84 Å². The van der Waals surface area contributed by atoms with Gasteiger partial charge in [-0.05, 0) is 10.8 Å². The maximum atomic E-state index is 11.0. The van der Waals surface area contributed by atoms with Crippen LogP contribution in [0.4, 0.5) is 0 Å². The van der Waals surface area contributed by atoms with Gasteiger partial charge in [0.05, 0.1) is 5.75 Å². The maximum Gasteiger partial charge on any atom is 0.149 e. The van der Waals surface area contributed by atoms with E-state index in [0.29, 0.717) is 6.54 Å². The van der Waals surface area contributed by atoms with Gasteiger partial charge in [-0.3, -0.25) is 0 Å². The summed E-state index contributed by atoms with van der Waals surface area (Å²) in [6.45, 7) is 0.521. The van der Waals surface area contributed by atoms with Crippen LogP contribution < -0.4 is 0 Å². The van der Waals surface area contributed by atoms with E-state index >= 15 is 0 Å². The number of hydrogen-bond acceptors (Lipinski definition) is 2. The van der Waals surface area contributed by atoms with Crippen molar-refractivity contribution in [3.05, 3.63) is 36.7 Å². The Kier molecular flexibility index (Phi) is 2.52. The van der Waals surface area contributed by atoms with Crippen molar-refractivity contribution >= 4 is 20.6 Å². The molecule has 0 bridgehead atoms. The van der Waals surface area contributed by atoms with Gasteiger partial charge >= 0.3 is 0 Å². The molecule has 0 unspecified atom stereocenters. The van der Waals surface area contributed by atoms with Crippen molar-refractivity contribution in [2.75, 3.05) is 12.0 Å². The fraction of sp³-hybridized carbons (Fsp3) is 0.273. The third-order valence-electron chi connectivity index (χ3n) is 2.33. The highest BCUT2D eigenvalue weighted by Gasteiger charge is 2.03. The number of rotatable bonds is 3. The van der Waals surface area contributed by atoms with E-state index in [0.717, 1.165) is 10.8 Å². The zero-order valence-corrected chi connectivity index (χ0v) is 9.37. The molecule has 0 amide bonds. The second-order valence-corrected chi connectivity index (χ2v) is 6.01. The van der Waals surface area contributed by atoms with Gasteiger partial charge in [-0.25, -0.2) is 8.42 Å². The Morgan fingerprint density at radius 1 is 1.13 bits per heavy atom. The lowest BCUT2D eigenvalue weighted by molar-refractivity contribution is 0.595. The molecule has 2 aromatic rings. The fourth-order valence-electron chi connectivity index (χ4n) is 1.54. The first kappa shape index (κ1) is 10.2. The van der Waals surface area contributed by atoms with Crippen molar-refractivity contribution < 1.29 is 8.42 Å². The van der Waals surface area contributed by atoms with Crippen LogP contribution in [0.25, 0.3) is 10.8 Å². The average molecular weight is 223 g/mol. The van der Waals surface area contributed by atoms with Crippen LogP contribution in [0.15, 0.2) is 36.7 Å². The van der Waals surface area contributed by atoms with Crippen molar-refractivity contribution in [3.63, 3.8) is 0 Å². The molecular weight excluding hydrogens is 210 g/mol. The summed E-state index contributed by atoms with van der Waals surface area (Å²) in [5.74, 6) is 0.188. The first-order valence-electron chi connectivity index (χ1n) is 4.77. The van der Waals surface area contributed by atoms with Gasteiger partial charge in [-0.15, -0.1) is 0 Å². The van der Waals surface area contributed by atoms with E-state index < -0.39 is 9.84 Å². The lowest BCUT2D eigenvalue weighted by Gasteiger charge is -1.99. The monoisotopic (exact) mass is 223 g/mol. The van der Waals surface area contributed by atoms with E-state index in [2.05, 4.69) is 0 Å². The van der Waals surface area contributed by atoms with E-state index in [1.54, 1.807) is 0 Å². The number of aromatic nitrogens is 1. The summed E-state index contributed by atoms with van der Waals surface area (Å²) in [7, 11) is -2.88. The molecule has 0 aliphatic heterocycles. The molecule has 1 aromatic carbocycles. The molecule has 0 fully saturated rings. The second-order valence-electron chi connectivity index (χ2n) is 3.75. The third-order valence-corrected chi connectivity index (χ3v) is 3.25. The SMILES string of the molecule is CS(=O)(=O)CCn1cc2ccccc2c1. The molecule has 2 rings (SSSR count). The van der Waals surface area contributed by atoms with Crippen LogP contribution >= 0.6 is 0 Å². The van der Waals surface area contributed by atoms with Gasteiger partial charge in [0.15, 0.2) is 0 Å².